The maximum absolute atomic E-state index is 10.3. The Labute approximate surface area is 116 Å². The lowest BCUT2D eigenvalue weighted by Gasteiger charge is -2.13. The first-order valence-electron chi connectivity index (χ1n) is 5.91. The summed E-state index contributed by atoms with van der Waals surface area (Å²) in [4.78, 5) is 15.4. The average molecular weight is 268 g/mol. The summed E-state index contributed by atoms with van der Waals surface area (Å²) in [6, 6.07) is 5.56. The van der Waals surface area contributed by atoms with Gasteiger partial charge >= 0.3 is 0 Å². The van der Waals surface area contributed by atoms with Crippen LogP contribution < -0.4 is 0 Å². The SMILES string of the molecule is CN(C)CCN(C)C.Cc1ccc(S)c(C=O)c1. The lowest BCUT2D eigenvalue weighted by molar-refractivity contribution is 0.112. The minimum Gasteiger partial charge on any atom is -0.308 e. The molecule has 0 unspecified atom stereocenters. The van der Waals surface area contributed by atoms with Crippen LogP contribution in [0.1, 0.15) is 15.9 Å². The van der Waals surface area contributed by atoms with Gasteiger partial charge in [0.25, 0.3) is 0 Å². The third kappa shape index (κ3) is 8.28. The highest BCUT2D eigenvalue weighted by molar-refractivity contribution is 7.80. The van der Waals surface area contributed by atoms with E-state index in [-0.39, 0.29) is 0 Å². The molecule has 0 N–H and O–H groups in total. The minimum atomic E-state index is 0.656. The number of thiol groups is 1. The third-order valence-electron chi connectivity index (χ3n) is 2.30. The summed E-state index contributed by atoms with van der Waals surface area (Å²) in [7, 11) is 8.35. The summed E-state index contributed by atoms with van der Waals surface area (Å²) < 4.78 is 0. The van der Waals surface area contributed by atoms with Gasteiger partial charge < -0.3 is 9.80 Å². The van der Waals surface area contributed by atoms with Crippen molar-refractivity contribution in [1.29, 1.82) is 0 Å². The molecule has 0 radical (unpaired) electrons. The number of rotatable bonds is 4. The second kappa shape index (κ2) is 9.14. The molecule has 1 aromatic rings. The minimum absolute atomic E-state index is 0.656. The maximum atomic E-state index is 10.3. The van der Waals surface area contributed by atoms with Gasteiger partial charge in [-0.15, -0.1) is 12.6 Å². The summed E-state index contributed by atoms with van der Waals surface area (Å²) >= 11 is 4.09. The quantitative estimate of drug-likeness (QED) is 0.669. The number of carbonyl (C=O) groups excluding carboxylic acids is 1. The van der Waals surface area contributed by atoms with Crippen molar-refractivity contribution < 1.29 is 4.79 Å². The molecule has 0 amide bonds. The molecule has 4 heteroatoms. The summed E-state index contributed by atoms with van der Waals surface area (Å²) in [5.74, 6) is 0. The van der Waals surface area contributed by atoms with Crippen LogP contribution in [0.4, 0.5) is 0 Å². The molecule has 0 aromatic heterocycles. The highest BCUT2D eigenvalue weighted by Crippen LogP contribution is 2.12. The fraction of sp³-hybridized carbons (Fsp3) is 0.500. The molecular formula is C14H24N2OS. The maximum Gasteiger partial charge on any atom is 0.151 e. The van der Waals surface area contributed by atoms with Crippen molar-refractivity contribution in [2.24, 2.45) is 0 Å². The van der Waals surface area contributed by atoms with Crippen LogP contribution >= 0.6 is 12.6 Å². The number of hydrogen-bond donors (Lipinski definition) is 1. The molecule has 0 bridgehead atoms. The van der Waals surface area contributed by atoms with E-state index >= 15 is 0 Å². The molecule has 102 valence electrons. The zero-order valence-electron chi connectivity index (χ0n) is 12.0. The van der Waals surface area contributed by atoms with E-state index in [1.165, 1.54) is 0 Å². The van der Waals surface area contributed by atoms with E-state index in [2.05, 4.69) is 50.6 Å². The Morgan fingerprint density at radius 3 is 1.94 bits per heavy atom. The number of aldehydes is 1. The molecule has 0 aliphatic rings. The van der Waals surface area contributed by atoms with Gasteiger partial charge in [0.2, 0.25) is 0 Å². The van der Waals surface area contributed by atoms with E-state index in [0.29, 0.717) is 5.56 Å². The van der Waals surface area contributed by atoms with Gasteiger partial charge in [-0.1, -0.05) is 11.6 Å². The van der Waals surface area contributed by atoms with Crippen molar-refractivity contribution in [2.75, 3.05) is 41.3 Å². The fourth-order valence-corrected chi connectivity index (χ4v) is 1.36. The number of benzene rings is 1. The van der Waals surface area contributed by atoms with Crippen molar-refractivity contribution in [3.63, 3.8) is 0 Å². The first kappa shape index (κ1) is 17.2. The zero-order chi connectivity index (χ0) is 14.1. The molecule has 1 rings (SSSR count). The van der Waals surface area contributed by atoms with Crippen LogP contribution in [0.25, 0.3) is 0 Å². The fourth-order valence-electron chi connectivity index (χ4n) is 1.17. The average Bonchev–Trinajstić information content (AvgIpc) is 2.30. The number of hydrogen-bond acceptors (Lipinski definition) is 4. The van der Waals surface area contributed by atoms with Crippen molar-refractivity contribution in [1.82, 2.24) is 9.80 Å². The van der Waals surface area contributed by atoms with Crippen molar-refractivity contribution in [3.8, 4) is 0 Å². The zero-order valence-corrected chi connectivity index (χ0v) is 12.9. The van der Waals surface area contributed by atoms with Crippen LogP contribution in [0, 0.1) is 6.92 Å². The van der Waals surface area contributed by atoms with Gasteiger partial charge in [-0.3, -0.25) is 4.79 Å². The van der Waals surface area contributed by atoms with Crippen molar-refractivity contribution in [2.45, 2.75) is 11.8 Å². The Balaban J connectivity index is 0.000000331. The number of carbonyl (C=O) groups is 1. The van der Waals surface area contributed by atoms with Gasteiger partial charge in [0.15, 0.2) is 6.29 Å². The second-order valence-electron chi connectivity index (χ2n) is 4.79. The van der Waals surface area contributed by atoms with Crippen LogP contribution in [-0.2, 0) is 0 Å². The lowest BCUT2D eigenvalue weighted by atomic mass is 10.2. The van der Waals surface area contributed by atoms with E-state index in [9.17, 15) is 4.79 Å². The summed E-state index contributed by atoms with van der Waals surface area (Å²) in [6.07, 6.45) is 0.815. The highest BCUT2D eigenvalue weighted by atomic mass is 32.1. The molecule has 0 aliphatic carbocycles. The standard InChI is InChI=1S/C8H8OS.C6H16N2/c1-6-2-3-8(10)7(4-6)5-9;1-7(2)5-6-8(3)4/h2-5,10H,1H3;5-6H2,1-4H3. The first-order valence-corrected chi connectivity index (χ1v) is 6.35. The number of nitrogens with zero attached hydrogens (tertiary/aromatic N) is 2. The normalized spacial score (nSPS) is 10.2. The van der Waals surface area contributed by atoms with Crippen LogP contribution in [0.15, 0.2) is 23.1 Å². The Morgan fingerprint density at radius 2 is 1.61 bits per heavy atom. The van der Waals surface area contributed by atoms with Crippen LogP contribution in [0.2, 0.25) is 0 Å². The van der Waals surface area contributed by atoms with Gasteiger partial charge in [0.05, 0.1) is 0 Å². The Hall–Kier alpha value is -0.840. The topological polar surface area (TPSA) is 23.6 Å². The molecule has 0 atom stereocenters. The van der Waals surface area contributed by atoms with Crippen LogP contribution in [0.3, 0.4) is 0 Å². The Bertz CT molecular complexity index is 357. The largest absolute Gasteiger partial charge is 0.308 e. The number of aryl methyl sites for hydroxylation is 1. The molecule has 18 heavy (non-hydrogen) atoms. The van der Waals surface area contributed by atoms with E-state index in [1.807, 2.05) is 25.1 Å². The molecule has 0 spiro atoms. The predicted molar refractivity (Wildman–Crippen MR) is 80.9 cm³/mol. The summed E-state index contributed by atoms with van der Waals surface area (Å²) in [5.41, 5.74) is 1.74. The Kier molecular flexibility index (Phi) is 8.71. The predicted octanol–water partition coefficient (Wildman–Crippen LogP) is 2.21. The van der Waals surface area contributed by atoms with E-state index < -0.39 is 0 Å². The molecule has 3 nitrogen and oxygen atoms in total. The lowest BCUT2D eigenvalue weighted by Crippen LogP contribution is -2.25. The van der Waals surface area contributed by atoms with E-state index in [1.54, 1.807) is 0 Å². The molecular weight excluding hydrogens is 244 g/mol. The number of likely N-dealkylation sites (N-methyl/N-ethyl adjacent to an activating group) is 2. The molecule has 0 heterocycles. The first-order chi connectivity index (χ1) is 8.36. The molecule has 0 saturated carbocycles. The molecule has 1 aromatic carbocycles. The monoisotopic (exact) mass is 268 g/mol. The second-order valence-corrected chi connectivity index (χ2v) is 5.27. The van der Waals surface area contributed by atoms with Crippen molar-refractivity contribution >= 4 is 18.9 Å². The third-order valence-corrected chi connectivity index (χ3v) is 2.71. The molecule has 0 fully saturated rings. The van der Waals surface area contributed by atoms with E-state index in [4.69, 9.17) is 0 Å². The molecule has 0 aliphatic heterocycles. The highest BCUT2D eigenvalue weighted by Gasteiger charge is 1.95. The van der Waals surface area contributed by atoms with E-state index in [0.717, 1.165) is 29.8 Å². The smallest absolute Gasteiger partial charge is 0.151 e. The van der Waals surface area contributed by atoms with Gasteiger partial charge in [-0.05, 0) is 47.2 Å². The van der Waals surface area contributed by atoms with Crippen molar-refractivity contribution in [3.05, 3.63) is 29.3 Å². The summed E-state index contributed by atoms with van der Waals surface area (Å²) in [6.45, 7) is 4.24. The van der Waals surface area contributed by atoms with Crippen LogP contribution in [0.5, 0.6) is 0 Å². The Morgan fingerprint density at radius 1 is 1.11 bits per heavy atom. The molecule has 0 saturated heterocycles. The van der Waals surface area contributed by atoms with Crippen LogP contribution in [-0.4, -0.2) is 57.4 Å². The van der Waals surface area contributed by atoms with Gasteiger partial charge in [-0.2, -0.15) is 0 Å². The van der Waals surface area contributed by atoms with Gasteiger partial charge in [0, 0.05) is 23.5 Å². The van der Waals surface area contributed by atoms with Gasteiger partial charge in [-0.25, -0.2) is 0 Å². The summed E-state index contributed by atoms with van der Waals surface area (Å²) in [5, 5.41) is 0. The van der Waals surface area contributed by atoms with Gasteiger partial charge in [0.1, 0.15) is 0 Å².